The molecule has 1 aromatic carbocycles. The molecule has 0 aliphatic heterocycles. The fourth-order valence-corrected chi connectivity index (χ4v) is 1.15. The maximum Gasteiger partial charge on any atom is 0.116 e. The molecular weight excluding hydrogens is 168 g/mol. The van der Waals surface area contributed by atoms with Gasteiger partial charge in [0.15, 0.2) is 0 Å². The molecule has 0 aliphatic rings. The van der Waals surface area contributed by atoms with Crippen molar-refractivity contribution in [3.63, 3.8) is 0 Å². The molecule has 0 radical (unpaired) electrons. The molecule has 4 heteroatoms. The van der Waals surface area contributed by atoms with E-state index in [1.807, 2.05) is 0 Å². The van der Waals surface area contributed by atoms with E-state index in [0.717, 1.165) is 0 Å². The largest absolute Gasteiger partial charge is 0.508 e. The Kier molecular flexibility index (Phi) is 3.11. The van der Waals surface area contributed by atoms with Crippen molar-refractivity contribution < 1.29 is 9.84 Å². The molecule has 5 N–H and O–H groups in total. The van der Waals surface area contributed by atoms with E-state index >= 15 is 0 Å². The fourth-order valence-electron chi connectivity index (χ4n) is 1.15. The first-order chi connectivity index (χ1) is 6.15. The highest BCUT2D eigenvalue weighted by Crippen LogP contribution is 2.23. The zero-order valence-corrected chi connectivity index (χ0v) is 7.53. The van der Waals surface area contributed by atoms with Gasteiger partial charge in [0.25, 0.3) is 0 Å². The molecule has 1 rings (SSSR count). The maximum absolute atomic E-state index is 9.20. The number of methoxy groups -OCH3 is 1. The van der Waals surface area contributed by atoms with Crippen LogP contribution in [0.25, 0.3) is 0 Å². The number of anilines is 1. The van der Waals surface area contributed by atoms with Gasteiger partial charge in [0.05, 0.1) is 12.6 Å². The minimum Gasteiger partial charge on any atom is -0.508 e. The second-order valence-corrected chi connectivity index (χ2v) is 2.88. The lowest BCUT2D eigenvalue weighted by atomic mass is 10.1. The summed E-state index contributed by atoms with van der Waals surface area (Å²) < 4.78 is 4.89. The van der Waals surface area contributed by atoms with Crippen LogP contribution in [0.15, 0.2) is 18.2 Å². The van der Waals surface area contributed by atoms with Gasteiger partial charge in [0.1, 0.15) is 5.75 Å². The third-order valence-corrected chi connectivity index (χ3v) is 1.82. The number of hydrogen-bond acceptors (Lipinski definition) is 4. The van der Waals surface area contributed by atoms with Crippen LogP contribution in [0.1, 0.15) is 11.6 Å². The van der Waals surface area contributed by atoms with Crippen LogP contribution in [0.5, 0.6) is 5.75 Å². The van der Waals surface area contributed by atoms with Crippen LogP contribution in [0.4, 0.5) is 5.69 Å². The molecule has 72 valence electrons. The summed E-state index contributed by atoms with van der Waals surface area (Å²) in [4.78, 5) is 0. The number of nitrogens with two attached hydrogens (primary N) is 2. The predicted octanol–water partition coefficient (Wildman–Crippen LogP) is 0.621. The van der Waals surface area contributed by atoms with E-state index in [-0.39, 0.29) is 11.8 Å². The van der Waals surface area contributed by atoms with Gasteiger partial charge < -0.3 is 21.3 Å². The van der Waals surface area contributed by atoms with Crippen LogP contribution in [-0.2, 0) is 4.74 Å². The monoisotopic (exact) mass is 182 g/mol. The third kappa shape index (κ3) is 2.34. The smallest absolute Gasteiger partial charge is 0.116 e. The molecule has 0 saturated carbocycles. The van der Waals surface area contributed by atoms with E-state index in [4.69, 9.17) is 16.2 Å². The number of phenols is 1. The Morgan fingerprint density at radius 3 is 2.85 bits per heavy atom. The van der Waals surface area contributed by atoms with E-state index in [2.05, 4.69) is 0 Å². The van der Waals surface area contributed by atoms with E-state index in [1.165, 1.54) is 6.07 Å². The summed E-state index contributed by atoms with van der Waals surface area (Å²) in [6.45, 7) is 0.383. The Bertz CT molecular complexity index is 289. The molecule has 0 bridgehead atoms. The van der Waals surface area contributed by atoms with Crippen molar-refractivity contribution >= 4 is 5.69 Å². The van der Waals surface area contributed by atoms with Gasteiger partial charge in [-0.3, -0.25) is 0 Å². The molecule has 0 fully saturated rings. The Labute approximate surface area is 77.1 Å². The highest BCUT2D eigenvalue weighted by molar-refractivity contribution is 5.51. The van der Waals surface area contributed by atoms with E-state index in [1.54, 1.807) is 19.2 Å². The molecule has 1 atom stereocenters. The average Bonchev–Trinajstić information content (AvgIpc) is 2.09. The Balaban J connectivity index is 2.91. The second kappa shape index (κ2) is 4.11. The van der Waals surface area contributed by atoms with E-state index < -0.39 is 0 Å². The normalized spacial score (nSPS) is 12.8. The lowest BCUT2D eigenvalue weighted by Crippen LogP contribution is -2.17. The average molecular weight is 182 g/mol. The van der Waals surface area contributed by atoms with Crippen molar-refractivity contribution in [2.45, 2.75) is 6.04 Å². The van der Waals surface area contributed by atoms with Crippen molar-refractivity contribution in [3.8, 4) is 5.75 Å². The number of ether oxygens (including phenoxy) is 1. The minimum atomic E-state index is -0.294. The fraction of sp³-hybridized carbons (Fsp3) is 0.333. The highest BCUT2D eigenvalue weighted by Gasteiger charge is 2.09. The summed E-state index contributed by atoms with van der Waals surface area (Å²) in [7, 11) is 1.57. The van der Waals surface area contributed by atoms with Crippen LogP contribution in [0.2, 0.25) is 0 Å². The topological polar surface area (TPSA) is 81.5 Å². The van der Waals surface area contributed by atoms with Crippen molar-refractivity contribution in [1.82, 2.24) is 0 Å². The van der Waals surface area contributed by atoms with Crippen LogP contribution < -0.4 is 11.5 Å². The molecule has 0 aliphatic carbocycles. The van der Waals surface area contributed by atoms with Gasteiger partial charge in [-0.2, -0.15) is 0 Å². The Morgan fingerprint density at radius 2 is 2.23 bits per heavy atom. The Hall–Kier alpha value is -1.26. The summed E-state index contributed by atoms with van der Waals surface area (Å²) >= 11 is 0. The molecule has 13 heavy (non-hydrogen) atoms. The van der Waals surface area contributed by atoms with Gasteiger partial charge >= 0.3 is 0 Å². The molecule has 0 heterocycles. The van der Waals surface area contributed by atoms with Gasteiger partial charge in [0, 0.05) is 12.8 Å². The second-order valence-electron chi connectivity index (χ2n) is 2.88. The van der Waals surface area contributed by atoms with Gasteiger partial charge in [0.2, 0.25) is 0 Å². The number of benzene rings is 1. The van der Waals surface area contributed by atoms with Gasteiger partial charge in [-0.25, -0.2) is 0 Å². The molecule has 0 unspecified atom stereocenters. The molecule has 0 spiro atoms. The van der Waals surface area contributed by atoms with Crippen molar-refractivity contribution in [2.75, 3.05) is 19.5 Å². The zero-order chi connectivity index (χ0) is 9.84. The number of hydrogen-bond donors (Lipinski definition) is 3. The number of rotatable bonds is 3. The lowest BCUT2D eigenvalue weighted by molar-refractivity contribution is 0.181. The van der Waals surface area contributed by atoms with Gasteiger partial charge in [-0.05, 0) is 23.8 Å². The summed E-state index contributed by atoms with van der Waals surface area (Å²) in [6, 6.07) is 4.41. The summed E-state index contributed by atoms with van der Waals surface area (Å²) in [5, 5.41) is 9.20. The maximum atomic E-state index is 9.20. The minimum absolute atomic E-state index is 0.163. The third-order valence-electron chi connectivity index (χ3n) is 1.82. The predicted molar refractivity (Wildman–Crippen MR) is 51.3 cm³/mol. The first kappa shape index (κ1) is 9.83. The molecule has 4 nitrogen and oxygen atoms in total. The van der Waals surface area contributed by atoms with Gasteiger partial charge in [-0.1, -0.05) is 0 Å². The summed E-state index contributed by atoms with van der Waals surface area (Å²) in [5.74, 6) is 0.163. The number of aromatic hydroxyl groups is 1. The summed E-state index contributed by atoms with van der Waals surface area (Å²) in [6.07, 6.45) is 0. The van der Waals surface area contributed by atoms with Gasteiger partial charge in [-0.15, -0.1) is 0 Å². The molecule has 1 aromatic rings. The summed E-state index contributed by atoms with van der Waals surface area (Å²) in [5.41, 5.74) is 12.7. The van der Waals surface area contributed by atoms with E-state index in [0.29, 0.717) is 17.9 Å². The van der Waals surface area contributed by atoms with Crippen molar-refractivity contribution in [1.29, 1.82) is 0 Å². The molecule has 0 aromatic heterocycles. The van der Waals surface area contributed by atoms with Crippen LogP contribution >= 0.6 is 0 Å². The number of phenolic OH excluding ortho intramolecular Hbond substituents is 1. The van der Waals surface area contributed by atoms with Crippen molar-refractivity contribution in [3.05, 3.63) is 23.8 Å². The van der Waals surface area contributed by atoms with Crippen molar-refractivity contribution in [2.24, 2.45) is 5.73 Å². The molecular formula is C9H14N2O2. The SMILES string of the molecule is COC[C@H](N)c1cc(O)ccc1N. The lowest BCUT2D eigenvalue weighted by Gasteiger charge is -2.13. The molecule has 0 amide bonds. The Morgan fingerprint density at radius 1 is 1.54 bits per heavy atom. The van der Waals surface area contributed by atoms with Crippen LogP contribution in [0, 0.1) is 0 Å². The van der Waals surface area contributed by atoms with E-state index in [9.17, 15) is 5.11 Å². The quantitative estimate of drug-likeness (QED) is 0.473. The first-order valence-corrected chi connectivity index (χ1v) is 3.98. The first-order valence-electron chi connectivity index (χ1n) is 3.98. The standard InChI is InChI=1S/C9H14N2O2/c1-13-5-9(11)7-4-6(12)2-3-8(7)10/h2-4,9,12H,5,10-11H2,1H3/t9-/m0/s1. The van der Waals surface area contributed by atoms with Crippen LogP contribution in [-0.4, -0.2) is 18.8 Å². The molecule has 0 saturated heterocycles. The highest BCUT2D eigenvalue weighted by atomic mass is 16.5. The zero-order valence-electron chi connectivity index (χ0n) is 7.53. The number of nitrogen functional groups attached to an aromatic ring is 1. The van der Waals surface area contributed by atoms with Crippen LogP contribution in [0.3, 0.4) is 0 Å².